The summed E-state index contributed by atoms with van der Waals surface area (Å²) in [6.45, 7) is 7.65. The molecule has 0 heterocycles. The summed E-state index contributed by atoms with van der Waals surface area (Å²) < 4.78 is 0. The third-order valence-electron chi connectivity index (χ3n) is 5.19. The number of rotatable bonds is 11. The second-order valence-electron chi connectivity index (χ2n) is 7.30. The summed E-state index contributed by atoms with van der Waals surface area (Å²) in [6.07, 6.45) is 2.49. The number of nitroso groups, excluding NO2 is 1. The number of hydrogen-bond acceptors (Lipinski definition) is 5. The van der Waals surface area contributed by atoms with E-state index in [1.54, 1.807) is 0 Å². The van der Waals surface area contributed by atoms with Crippen LogP contribution < -0.4 is 0 Å². The average molecular weight is 315 g/mol. The van der Waals surface area contributed by atoms with E-state index in [4.69, 9.17) is 0 Å². The molecule has 0 bridgehead atoms. The van der Waals surface area contributed by atoms with E-state index in [1.165, 1.54) is 6.92 Å². The molecule has 1 aliphatic carbocycles. The molecule has 0 radical (unpaired) electrons. The number of aliphatic hydroxyl groups excluding tert-OH is 3. The third-order valence-corrected chi connectivity index (χ3v) is 5.19. The normalized spacial score (nSPS) is 24.9. The SMILES string of the molecule is CCCC(C)C(O)C(C)CC(C1CC1)C(O)C(N=O)C(C)O. The first kappa shape index (κ1) is 19.5. The highest BCUT2D eigenvalue weighted by Crippen LogP contribution is 2.43. The van der Waals surface area contributed by atoms with E-state index in [1.807, 2.05) is 6.92 Å². The number of hydrogen-bond donors (Lipinski definition) is 3. The molecule has 5 heteroatoms. The Morgan fingerprint density at radius 3 is 2.05 bits per heavy atom. The Labute approximate surface area is 134 Å². The second kappa shape index (κ2) is 8.94. The van der Waals surface area contributed by atoms with Gasteiger partial charge in [-0.15, -0.1) is 0 Å². The fourth-order valence-corrected chi connectivity index (χ4v) is 3.58. The fourth-order valence-electron chi connectivity index (χ4n) is 3.58. The Kier molecular flexibility index (Phi) is 7.94. The first-order valence-corrected chi connectivity index (χ1v) is 8.70. The average Bonchev–Trinajstić information content (AvgIpc) is 3.28. The van der Waals surface area contributed by atoms with E-state index in [-0.39, 0.29) is 17.8 Å². The van der Waals surface area contributed by atoms with Crippen LogP contribution in [0.3, 0.4) is 0 Å². The zero-order valence-corrected chi connectivity index (χ0v) is 14.4. The smallest absolute Gasteiger partial charge is 0.143 e. The van der Waals surface area contributed by atoms with E-state index in [0.29, 0.717) is 12.3 Å². The molecular formula is C17H33NO4. The standard InChI is InChI=1S/C17H33NO4/c1-5-6-10(2)16(20)11(3)9-14(13-7-8-13)17(21)15(18-22)12(4)19/h10-17,19-21H,5-9H2,1-4H3. The zero-order chi connectivity index (χ0) is 16.9. The van der Waals surface area contributed by atoms with E-state index in [0.717, 1.165) is 25.7 Å². The van der Waals surface area contributed by atoms with E-state index in [9.17, 15) is 20.2 Å². The van der Waals surface area contributed by atoms with E-state index >= 15 is 0 Å². The van der Waals surface area contributed by atoms with Crippen molar-refractivity contribution < 1.29 is 15.3 Å². The zero-order valence-electron chi connectivity index (χ0n) is 14.4. The molecule has 0 aliphatic heterocycles. The second-order valence-corrected chi connectivity index (χ2v) is 7.30. The lowest BCUT2D eigenvalue weighted by atomic mass is 9.79. The summed E-state index contributed by atoms with van der Waals surface area (Å²) in [4.78, 5) is 10.9. The van der Waals surface area contributed by atoms with Crippen molar-refractivity contribution in [1.82, 2.24) is 0 Å². The van der Waals surface area contributed by atoms with Gasteiger partial charge in [-0.25, -0.2) is 0 Å². The van der Waals surface area contributed by atoms with Crippen LogP contribution >= 0.6 is 0 Å². The van der Waals surface area contributed by atoms with Crippen LogP contribution in [0, 0.1) is 28.6 Å². The summed E-state index contributed by atoms with van der Waals surface area (Å²) in [5, 5.41) is 33.5. The number of aliphatic hydroxyl groups is 3. The van der Waals surface area contributed by atoms with Gasteiger partial charge in [-0.2, -0.15) is 4.91 Å². The summed E-state index contributed by atoms with van der Waals surface area (Å²) in [5.74, 6) is 0.599. The molecule has 1 rings (SSSR count). The lowest BCUT2D eigenvalue weighted by molar-refractivity contribution is -0.00597. The highest BCUT2D eigenvalue weighted by Gasteiger charge is 2.42. The van der Waals surface area contributed by atoms with Crippen LogP contribution in [0.2, 0.25) is 0 Å². The summed E-state index contributed by atoms with van der Waals surface area (Å²) >= 11 is 0. The Bertz CT molecular complexity index is 333. The van der Waals surface area contributed by atoms with Crippen LogP contribution in [0.5, 0.6) is 0 Å². The van der Waals surface area contributed by atoms with Crippen molar-refractivity contribution in [2.24, 2.45) is 28.8 Å². The van der Waals surface area contributed by atoms with Crippen molar-refractivity contribution in [2.45, 2.75) is 84.2 Å². The molecule has 0 spiro atoms. The first-order valence-electron chi connectivity index (χ1n) is 8.70. The minimum absolute atomic E-state index is 0.0584. The van der Waals surface area contributed by atoms with E-state index in [2.05, 4.69) is 19.0 Å². The molecule has 7 unspecified atom stereocenters. The van der Waals surface area contributed by atoms with Crippen molar-refractivity contribution >= 4 is 0 Å². The van der Waals surface area contributed by atoms with Crippen LogP contribution in [0.25, 0.3) is 0 Å². The van der Waals surface area contributed by atoms with Gasteiger partial charge in [0, 0.05) is 0 Å². The van der Waals surface area contributed by atoms with E-state index < -0.39 is 24.4 Å². The van der Waals surface area contributed by atoms with Gasteiger partial charge < -0.3 is 15.3 Å². The van der Waals surface area contributed by atoms with Crippen molar-refractivity contribution in [2.75, 3.05) is 0 Å². The molecule has 1 fully saturated rings. The molecular weight excluding hydrogens is 282 g/mol. The molecule has 0 aromatic heterocycles. The first-order chi connectivity index (χ1) is 10.3. The lowest BCUT2D eigenvalue weighted by Crippen LogP contribution is -2.41. The van der Waals surface area contributed by atoms with Gasteiger partial charge >= 0.3 is 0 Å². The Hall–Kier alpha value is -0.520. The van der Waals surface area contributed by atoms with Crippen molar-refractivity contribution in [3.05, 3.63) is 4.91 Å². The minimum Gasteiger partial charge on any atom is -0.393 e. The molecule has 1 aliphatic rings. The van der Waals surface area contributed by atoms with Gasteiger partial charge in [-0.3, -0.25) is 0 Å². The van der Waals surface area contributed by atoms with Gasteiger partial charge in [0.2, 0.25) is 0 Å². The Morgan fingerprint density at radius 2 is 1.64 bits per heavy atom. The van der Waals surface area contributed by atoms with Gasteiger partial charge in [0.15, 0.2) is 0 Å². The predicted octanol–water partition coefficient (Wildman–Crippen LogP) is 2.71. The molecule has 0 saturated heterocycles. The fraction of sp³-hybridized carbons (Fsp3) is 1.00. The third kappa shape index (κ3) is 5.28. The molecule has 1 saturated carbocycles. The molecule has 3 N–H and O–H groups in total. The maximum Gasteiger partial charge on any atom is 0.143 e. The quantitative estimate of drug-likeness (QED) is 0.511. The predicted molar refractivity (Wildman–Crippen MR) is 87.3 cm³/mol. The Balaban J connectivity index is 2.69. The molecule has 7 atom stereocenters. The molecule has 0 aromatic carbocycles. The molecule has 22 heavy (non-hydrogen) atoms. The summed E-state index contributed by atoms with van der Waals surface area (Å²) in [6, 6.07) is -0.983. The van der Waals surface area contributed by atoms with Crippen LogP contribution in [0.4, 0.5) is 0 Å². The van der Waals surface area contributed by atoms with Crippen molar-refractivity contribution in [3.63, 3.8) is 0 Å². The number of nitrogens with zero attached hydrogens (tertiary/aromatic N) is 1. The van der Waals surface area contributed by atoms with Gasteiger partial charge in [0.05, 0.1) is 18.3 Å². The molecule has 5 nitrogen and oxygen atoms in total. The van der Waals surface area contributed by atoms with Gasteiger partial charge in [0.1, 0.15) is 6.04 Å². The minimum atomic E-state index is -0.983. The van der Waals surface area contributed by atoms with Crippen LogP contribution in [0.1, 0.15) is 59.8 Å². The topological polar surface area (TPSA) is 90.1 Å². The van der Waals surface area contributed by atoms with Crippen LogP contribution in [-0.4, -0.2) is 39.7 Å². The summed E-state index contributed by atoms with van der Waals surface area (Å²) in [5.41, 5.74) is 0. The Morgan fingerprint density at radius 1 is 1.05 bits per heavy atom. The largest absolute Gasteiger partial charge is 0.393 e. The van der Waals surface area contributed by atoms with Gasteiger partial charge in [-0.05, 0) is 56.3 Å². The van der Waals surface area contributed by atoms with Crippen LogP contribution in [-0.2, 0) is 0 Å². The highest BCUT2D eigenvalue weighted by molar-refractivity contribution is 4.94. The van der Waals surface area contributed by atoms with Crippen LogP contribution in [0.15, 0.2) is 5.18 Å². The van der Waals surface area contributed by atoms with Crippen molar-refractivity contribution in [1.29, 1.82) is 0 Å². The molecule has 130 valence electrons. The maximum atomic E-state index is 10.9. The van der Waals surface area contributed by atoms with Gasteiger partial charge in [0.25, 0.3) is 0 Å². The lowest BCUT2D eigenvalue weighted by Gasteiger charge is -2.32. The summed E-state index contributed by atoms with van der Waals surface area (Å²) in [7, 11) is 0. The maximum absolute atomic E-state index is 10.9. The molecule has 0 amide bonds. The van der Waals surface area contributed by atoms with Crippen molar-refractivity contribution in [3.8, 4) is 0 Å². The monoisotopic (exact) mass is 315 g/mol. The van der Waals surface area contributed by atoms with Gasteiger partial charge in [-0.1, -0.05) is 32.4 Å². The molecule has 0 aromatic rings. The highest BCUT2D eigenvalue weighted by atomic mass is 16.3.